The van der Waals surface area contributed by atoms with E-state index < -0.39 is 0 Å². The molecule has 0 bridgehead atoms. The highest BCUT2D eigenvalue weighted by Gasteiger charge is 2.27. The molecular formula is C16H30IN7. The lowest BCUT2D eigenvalue weighted by Crippen LogP contribution is -2.48. The predicted octanol–water partition coefficient (Wildman–Crippen LogP) is 1.28. The van der Waals surface area contributed by atoms with E-state index in [0.29, 0.717) is 12.6 Å². The second-order valence-corrected chi connectivity index (χ2v) is 6.81. The Morgan fingerprint density at radius 2 is 1.92 bits per heavy atom. The van der Waals surface area contributed by atoms with Crippen molar-refractivity contribution in [3.8, 4) is 0 Å². The van der Waals surface area contributed by atoms with Gasteiger partial charge in [0.1, 0.15) is 5.82 Å². The first-order valence-electron chi connectivity index (χ1n) is 8.70. The average molecular weight is 447 g/mol. The van der Waals surface area contributed by atoms with Gasteiger partial charge in [0.15, 0.2) is 11.8 Å². The van der Waals surface area contributed by atoms with E-state index in [4.69, 9.17) is 0 Å². The van der Waals surface area contributed by atoms with Gasteiger partial charge in [-0.1, -0.05) is 0 Å². The zero-order valence-electron chi connectivity index (χ0n) is 15.0. The molecule has 2 N–H and O–H groups in total. The Labute approximate surface area is 161 Å². The molecule has 1 saturated carbocycles. The number of aliphatic imine (C=N–C) groups is 1. The minimum absolute atomic E-state index is 0. The summed E-state index contributed by atoms with van der Waals surface area (Å²) in [6, 6.07) is 0.512. The smallest absolute Gasteiger partial charge is 0.191 e. The zero-order chi connectivity index (χ0) is 16.2. The molecule has 0 atom stereocenters. The average Bonchev–Trinajstić information content (AvgIpc) is 3.32. The van der Waals surface area contributed by atoms with Gasteiger partial charge < -0.3 is 20.1 Å². The predicted molar refractivity (Wildman–Crippen MR) is 107 cm³/mol. The van der Waals surface area contributed by atoms with Crippen LogP contribution in [0, 0.1) is 12.8 Å². The molecule has 1 saturated heterocycles. The summed E-state index contributed by atoms with van der Waals surface area (Å²) in [5.41, 5.74) is 0. The third-order valence-electron chi connectivity index (χ3n) is 4.96. The number of likely N-dealkylation sites (tertiary alicyclic amines) is 1. The van der Waals surface area contributed by atoms with E-state index in [2.05, 4.69) is 30.7 Å². The lowest BCUT2D eigenvalue weighted by molar-refractivity contribution is 0.198. The standard InChI is InChI=1S/C16H29N7.HI/c1-12-20-21-15(22(12)3)10-18-16(17-2)19-14-6-8-23(9-7-14)11-13-4-5-13;/h13-14H,4-11H2,1-3H3,(H2,17,18,19);1H. The number of guanidine groups is 1. The first-order valence-corrected chi connectivity index (χ1v) is 8.70. The zero-order valence-corrected chi connectivity index (χ0v) is 17.3. The van der Waals surface area contributed by atoms with E-state index in [1.165, 1.54) is 45.3 Å². The molecule has 1 aromatic heterocycles. The van der Waals surface area contributed by atoms with Crippen LogP contribution in [0.2, 0.25) is 0 Å². The number of rotatable bonds is 5. The molecular weight excluding hydrogens is 417 g/mol. The largest absolute Gasteiger partial charge is 0.354 e. The van der Waals surface area contributed by atoms with Gasteiger partial charge in [0.25, 0.3) is 0 Å². The molecule has 0 amide bonds. The number of hydrogen-bond donors (Lipinski definition) is 2. The van der Waals surface area contributed by atoms with Gasteiger partial charge in [0, 0.05) is 39.8 Å². The third kappa shape index (κ3) is 5.30. The van der Waals surface area contributed by atoms with Gasteiger partial charge in [-0.25, -0.2) is 0 Å². The van der Waals surface area contributed by atoms with Crippen molar-refractivity contribution in [3.05, 3.63) is 11.6 Å². The molecule has 7 nitrogen and oxygen atoms in total. The number of aromatic nitrogens is 3. The Hall–Kier alpha value is -0.900. The van der Waals surface area contributed by atoms with Crippen LogP contribution in [-0.4, -0.2) is 58.3 Å². The van der Waals surface area contributed by atoms with Gasteiger partial charge in [-0.05, 0) is 38.5 Å². The van der Waals surface area contributed by atoms with E-state index in [1.807, 2.05) is 25.6 Å². The van der Waals surface area contributed by atoms with Crippen LogP contribution in [0.25, 0.3) is 0 Å². The van der Waals surface area contributed by atoms with Crippen molar-refractivity contribution in [1.82, 2.24) is 30.3 Å². The van der Waals surface area contributed by atoms with Crippen molar-refractivity contribution < 1.29 is 0 Å². The number of piperidine rings is 1. The summed E-state index contributed by atoms with van der Waals surface area (Å²) in [4.78, 5) is 6.95. The van der Waals surface area contributed by atoms with Gasteiger partial charge in [-0.15, -0.1) is 34.2 Å². The molecule has 0 unspecified atom stereocenters. The van der Waals surface area contributed by atoms with Crippen molar-refractivity contribution in [2.24, 2.45) is 18.0 Å². The van der Waals surface area contributed by atoms with Gasteiger partial charge >= 0.3 is 0 Å². The summed E-state index contributed by atoms with van der Waals surface area (Å²) in [5, 5.41) is 15.1. The van der Waals surface area contributed by atoms with E-state index in [0.717, 1.165) is 23.5 Å². The highest BCUT2D eigenvalue weighted by atomic mass is 127. The first kappa shape index (κ1) is 19.4. The van der Waals surface area contributed by atoms with Crippen LogP contribution in [0.1, 0.15) is 37.3 Å². The summed E-state index contributed by atoms with van der Waals surface area (Å²) < 4.78 is 2.00. The van der Waals surface area contributed by atoms with Gasteiger partial charge in [-0.2, -0.15) is 0 Å². The Kier molecular flexibility index (Phi) is 7.27. The summed E-state index contributed by atoms with van der Waals surface area (Å²) in [5.74, 6) is 3.69. The number of halogens is 1. The lowest BCUT2D eigenvalue weighted by Gasteiger charge is -2.33. The van der Waals surface area contributed by atoms with Gasteiger partial charge in [0.05, 0.1) is 6.54 Å². The molecule has 0 radical (unpaired) electrons. The van der Waals surface area contributed by atoms with E-state index >= 15 is 0 Å². The minimum atomic E-state index is 0. The van der Waals surface area contributed by atoms with Crippen molar-refractivity contribution in [2.75, 3.05) is 26.7 Å². The van der Waals surface area contributed by atoms with Crippen LogP contribution in [0.5, 0.6) is 0 Å². The molecule has 2 heterocycles. The van der Waals surface area contributed by atoms with Crippen molar-refractivity contribution in [1.29, 1.82) is 0 Å². The molecule has 2 aliphatic rings. The third-order valence-corrected chi connectivity index (χ3v) is 4.96. The van der Waals surface area contributed by atoms with E-state index in [9.17, 15) is 0 Å². The van der Waals surface area contributed by atoms with Crippen LogP contribution in [0.15, 0.2) is 4.99 Å². The van der Waals surface area contributed by atoms with Crippen LogP contribution in [-0.2, 0) is 13.6 Å². The van der Waals surface area contributed by atoms with Gasteiger partial charge in [0.2, 0.25) is 0 Å². The van der Waals surface area contributed by atoms with Crippen LogP contribution < -0.4 is 10.6 Å². The summed E-state index contributed by atoms with van der Waals surface area (Å²) in [6.07, 6.45) is 5.26. The Bertz CT molecular complexity index is 545. The highest BCUT2D eigenvalue weighted by molar-refractivity contribution is 14.0. The maximum Gasteiger partial charge on any atom is 0.191 e. The highest BCUT2D eigenvalue weighted by Crippen LogP contribution is 2.30. The molecule has 0 spiro atoms. The Morgan fingerprint density at radius 3 is 2.46 bits per heavy atom. The summed E-state index contributed by atoms with van der Waals surface area (Å²) >= 11 is 0. The lowest BCUT2D eigenvalue weighted by atomic mass is 10.0. The van der Waals surface area contributed by atoms with E-state index in [-0.39, 0.29) is 24.0 Å². The molecule has 8 heteroatoms. The molecule has 136 valence electrons. The van der Waals surface area contributed by atoms with Crippen molar-refractivity contribution in [3.63, 3.8) is 0 Å². The van der Waals surface area contributed by atoms with Crippen LogP contribution in [0.3, 0.4) is 0 Å². The Morgan fingerprint density at radius 1 is 1.21 bits per heavy atom. The SMILES string of the molecule is CN=C(NCc1nnc(C)n1C)NC1CCN(CC2CC2)CC1.I. The molecule has 1 aliphatic heterocycles. The summed E-state index contributed by atoms with van der Waals surface area (Å²) in [6.45, 7) is 6.31. The second-order valence-electron chi connectivity index (χ2n) is 6.81. The van der Waals surface area contributed by atoms with Crippen LogP contribution >= 0.6 is 24.0 Å². The summed E-state index contributed by atoms with van der Waals surface area (Å²) in [7, 11) is 3.80. The molecule has 0 aromatic carbocycles. The van der Waals surface area contributed by atoms with E-state index in [1.54, 1.807) is 0 Å². The fourth-order valence-corrected chi connectivity index (χ4v) is 3.08. The number of nitrogens with one attached hydrogen (secondary N) is 2. The molecule has 24 heavy (non-hydrogen) atoms. The number of hydrogen-bond acceptors (Lipinski definition) is 4. The maximum absolute atomic E-state index is 4.33. The monoisotopic (exact) mass is 447 g/mol. The molecule has 1 aromatic rings. The van der Waals surface area contributed by atoms with Crippen molar-refractivity contribution >= 4 is 29.9 Å². The molecule has 3 rings (SSSR count). The normalized spacial score (nSPS) is 19.9. The van der Waals surface area contributed by atoms with Crippen molar-refractivity contribution in [2.45, 2.75) is 45.2 Å². The fourth-order valence-electron chi connectivity index (χ4n) is 3.08. The fraction of sp³-hybridized carbons (Fsp3) is 0.812. The molecule has 1 aliphatic carbocycles. The Balaban J connectivity index is 0.00000208. The molecule has 2 fully saturated rings. The quantitative estimate of drug-likeness (QED) is 0.405. The number of aryl methyl sites for hydroxylation is 1. The topological polar surface area (TPSA) is 70.4 Å². The second kappa shape index (κ2) is 8.98. The maximum atomic E-state index is 4.33. The van der Waals surface area contributed by atoms with Crippen LogP contribution in [0.4, 0.5) is 0 Å². The van der Waals surface area contributed by atoms with Gasteiger partial charge in [-0.3, -0.25) is 4.99 Å². The minimum Gasteiger partial charge on any atom is -0.354 e. The number of nitrogens with zero attached hydrogens (tertiary/aromatic N) is 5. The first-order chi connectivity index (χ1) is 11.2.